The summed E-state index contributed by atoms with van der Waals surface area (Å²) in [5.74, 6) is -0.259. The highest BCUT2D eigenvalue weighted by Gasteiger charge is 2.35. The molecule has 190 valence electrons. The monoisotopic (exact) mass is 485 g/mol. The molecule has 2 atom stereocenters. The molecule has 0 spiro atoms. The maximum absolute atomic E-state index is 13.2. The van der Waals surface area contributed by atoms with E-state index in [0.717, 1.165) is 37.6 Å². The third kappa shape index (κ3) is 6.82. The summed E-state index contributed by atoms with van der Waals surface area (Å²) in [7, 11) is 1.74. The first-order chi connectivity index (χ1) is 16.8. The van der Waals surface area contributed by atoms with Crippen LogP contribution in [-0.4, -0.2) is 53.0 Å². The number of carbonyl (C=O) groups is 2. The number of nitrogens with two attached hydrogens (primary N) is 1. The molecule has 10 heteroatoms. The van der Waals surface area contributed by atoms with Crippen LogP contribution in [0.5, 0.6) is 0 Å². The minimum absolute atomic E-state index is 0.155. The fourth-order valence-corrected chi connectivity index (χ4v) is 4.92. The lowest BCUT2D eigenvalue weighted by Gasteiger charge is -2.41. The maximum Gasteiger partial charge on any atom is 0.326 e. The van der Waals surface area contributed by atoms with Gasteiger partial charge >= 0.3 is 5.69 Å². The van der Waals surface area contributed by atoms with E-state index in [4.69, 9.17) is 10.5 Å². The SMILES string of the molecule is CCN(C(=O)C1CCCCC1)C1C[C@H](COC)Nc2ccccc21.NC(=O)c1cc(=O)[nH]c(=O)[nH]1. The number of para-hydroxylation sites is 1. The molecule has 0 radical (unpaired) electrons. The molecule has 1 aromatic carbocycles. The normalized spacial score (nSPS) is 19.5. The Kier molecular flexibility index (Phi) is 9.25. The number of benzene rings is 1. The Balaban J connectivity index is 0.000000261. The van der Waals surface area contributed by atoms with Crippen molar-refractivity contribution in [2.24, 2.45) is 11.7 Å². The van der Waals surface area contributed by atoms with E-state index in [0.29, 0.717) is 12.5 Å². The fourth-order valence-electron chi connectivity index (χ4n) is 4.92. The number of hydrogen-bond acceptors (Lipinski definition) is 6. The molecule has 0 saturated heterocycles. The van der Waals surface area contributed by atoms with E-state index < -0.39 is 17.2 Å². The van der Waals surface area contributed by atoms with E-state index in [-0.39, 0.29) is 23.7 Å². The number of ether oxygens (including phenoxy) is 1. The average molecular weight is 486 g/mol. The van der Waals surface area contributed by atoms with Gasteiger partial charge in [0, 0.05) is 31.3 Å². The predicted molar refractivity (Wildman–Crippen MR) is 133 cm³/mol. The van der Waals surface area contributed by atoms with Crippen molar-refractivity contribution in [3.63, 3.8) is 0 Å². The van der Waals surface area contributed by atoms with E-state index in [1.54, 1.807) is 7.11 Å². The summed E-state index contributed by atoms with van der Waals surface area (Å²) < 4.78 is 5.37. The Hall–Kier alpha value is -3.40. The molecule has 1 fully saturated rings. The van der Waals surface area contributed by atoms with Crippen LogP contribution in [0.25, 0.3) is 0 Å². The van der Waals surface area contributed by atoms with Crippen LogP contribution < -0.4 is 22.3 Å². The molecule has 35 heavy (non-hydrogen) atoms. The number of rotatable bonds is 6. The number of hydrogen-bond donors (Lipinski definition) is 4. The second-order valence-electron chi connectivity index (χ2n) is 8.96. The molecule has 2 aliphatic rings. The number of primary amides is 1. The van der Waals surface area contributed by atoms with Gasteiger partial charge in [-0.25, -0.2) is 4.79 Å². The Morgan fingerprint density at radius 1 is 1.11 bits per heavy atom. The lowest BCUT2D eigenvalue weighted by atomic mass is 9.86. The highest BCUT2D eigenvalue weighted by Crippen LogP contribution is 2.38. The van der Waals surface area contributed by atoms with Gasteiger partial charge in [-0.1, -0.05) is 37.5 Å². The topological polar surface area (TPSA) is 150 Å². The van der Waals surface area contributed by atoms with E-state index in [1.165, 1.54) is 24.8 Å². The Morgan fingerprint density at radius 2 is 1.83 bits per heavy atom. The molecule has 2 aromatic rings. The second-order valence-corrected chi connectivity index (χ2v) is 8.96. The van der Waals surface area contributed by atoms with Gasteiger partial charge < -0.3 is 25.7 Å². The summed E-state index contributed by atoms with van der Waals surface area (Å²) in [6, 6.07) is 9.73. The zero-order valence-electron chi connectivity index (χ0n) is 20.3. The lowest BCUT2D eigenvalue weighted by molar-refractivity contribution is -0.139. The van der Waals surface area contributed by atoms with E-state index >= 15 is 0 Å². The number of methoxy groups -OCH3 is 1. The van der Waals surface area contributed by atoms with Gasteiger partial charge in [0.1, 0.15) is 5.69 Å². The molecule has 4 rings (SSSR count). The molecular formula is C25H35N5O5. The number of nitrogens with zero attached hydrogens (tertiary/aromatic N) is 1. The second kappa shape index (κ2) is 12.3. The number of carbonyl (C=O) groups excluding carboxylic acids is 2. The molecule has 2 heterocycles. The molecule has 1 aromatic heterocycles. The Labute approximate surface area is 204 Å². The number of anilines is 1. The van der Waals surface area contributed by atoms with Crippen molar-refractivity contribution >= 4 is 17.5 Å². The number of nitrogens with one attached hydrogen (secondary N) is 3. The fraction of sp³-hybridized carbons (Fsp3) is 0.520. The molecule has 1 aliphatic carbocycles. The summed E-state index contributed by atoms with van der Waals surface area (Å²) >= 11 is 0. The van der Waals surface area contributed by atoms with E-state index in [9.17, 15) is 19.2 Å². The van der Waals surface area contributed by atoms with Crippen LogP contribution in [0.3, 0.4) is 0 Å². The minimum atomic E-state index is -0.840. The van der Waals surface area contributed by atoms with Crippen molar-refractivity contribution < 1.29 is 14.3 Å². The van der Waals surface area contributed by atoms with Crippen molar-refractivity contribution in [3.05, 3.63) is 62.4 Å². The summed E-state index contributed by atoms with van der Waals surface area (Å²) in [6.45, 7) is 3.55. The first-order valence-electron chi connectivity index (χ1n) is 12.1. The summed E-state index contributed by atoms with van der Waals surface area (Å²) in [5, 5.41) is 3.56. The number of aromatic nitrogens is 2. The van der Waals surface area contributed by atoms with Gasteiger partial charge in [0.25, 0.3) is 11.5 Å². The van der Waals surface area contributed by atoms with Crippen LogP contribution in [0, 0.1) is 5.92 Å². The van der Waals surface area contributed by atoms with Gasteiger partial charge in [0.05, 0.1) is 18.7 Å². The van der Waals surface area contributed by atoms with E-state index in [2.05, 4.69) is 46.4 Å². The smallest absolute Gasteiger partial charge is 0.326 e. The van der Waals surface area contributed by atoms with Crippen molar-refractivity contribution in [3.8, 4) is 0 Å². The Bertz CT molecular complexity index is 1090. The molecule has 1 aliphatic heterocycles. The third-order valence-electron chi connectivity index (χ3n) is 6.54. The molecule has 2 amide bonds. The highest BCUT2D eigenvalue weighted by atomic mass is 16.5. The van der Waals surface area contributed by atoms with Crippen LogP contribution in [0.2, 0.25) is 0 Å². The maximum atomic E-state index is 13.2. The molecule has 5 N–H and O–H groups in total. The van der Waals surface area contributed by atoms with E-state index in [1.807, 2.05) is 4.98 Å². The van der Waals surface area contributed by atoms with Crippen LogP contribution in [-0.2, 0) is 9.53 Å². The van der Waals surface area contributed by atoms with Gasteiger partial charge in [-0.3, -0.25) is 19.4 Å². The largest absolute Gasteiger partial charge is 0.383 e. The van der Waals surface area contributed by atoms with Crippen LogP contribution in [0.4, 0.5) is 5.69 Å². The number of fused-ring (bicyclic) bond motifs is 1. The summed E-state index contributed by atoms with van der Waals surface area (Å²) in [6.07, 6.45) is 6.71. The first kappa shape index (κ1) is 26.2. The first-order valence-corrected chi connectivity index (χ1v) is 12.1. The standard InChI is InChI=1S/C20H30N2O2.C5H5N3O3/c1-3-22(20(23)15-9-5-4-6-10-15)19-13-16(14-24-2)21-18-12-8-7-11-17(18)19;6-4(10)2-1-3(9)8-5(11)7-2/h7-8,11-12,15-16,19,21H,3-6,9-10,13-14H2,1-2H3;1H,(H2,6,10)(H2,7,8,9,11)/t16-,19?;/m1./s1. The van der Waals surface area contributed by atoms with Crippen molar-refractivity contribution in [2.75, 3.05) is 25.6 Å². The van der Waals surface area contributed by atoms with Gasteiger partial charge in [0.15, 0.2) is 0 Å². The molecule has 10 nitrogen and oxygen atoms in total. The minimum Gasteiger partial charge on any atom is -0.383 e. The van der Waals surface area contributed by atoms with Gasteiger partial charge in [0.2, 0.25) is 5.91 Å². The Morgan fingerprint density at radius 3 is 2.46 bits per heavy atom. The third-order valence-corrected chi connectivity index (χ3v) is 6.54. The molecule has 0 bridgehead atoms. The molecular weight excluding hydrogens is 450 g/mol. The zero-order chi connectivity index (χ0) is 25.4. The number of amides is 2. The summed E-state index contributed by atoms with van der Waals surface area (Å²) in [5.41, 5.74) is 5.59. The quantitative estimate of drug-likeness (QED) is 0.492. The zero-order valence-corrected chi connectivity index (χ0v) is 20.3. The van der Waals surface area contributed by atoms with Gasteiger partial charge in [-0.2, -0.15) is 0 Å². The number of H-pyrrole nitrogens is 2. The van der Waals surface area contributed by atoms with Gasteiger partial charge in [-0.05, 0) is 37.8 Å². The lowest BCUT2D eigenvalue weighted by Crippen LogP contribution is -2.44. The predicted octanol–water partition coefficient (Wildman–Crippen LogP) is 2.15. The summed E-state index contributed by atoms with van der Waals surface area (Å²) in [4.78, 5) is 50.7. The average Bonchev–Trinajstić information content (AvgIpc) is 2.85. The van der Waals surface area contributed by atoms with Crippen molar-refractivity contribution in [1.29, 1.82) is 0 Å². The van der Waals surface area contributed by atoms with Crippen LogP contribution in [0.15, 0.2) is 39.9 Å². The van der Waals surface area contributed by atoms with Gasteiger partial charge in [-0.15, -0.1) is 0 Å². The number of aromatic amines is 2. The highest BCUT2D eigenvalue weighted by molar-refractivity contribution is 5.90. The van der Waals surface area contributed by atoms with Crippen molar-refractivity contribution in [2.45, 2.75) is 57.5 Å². The molecule has 1 saturated carbocycles. The van der Waals surface area contributed by atoms with Crippen LogP contribution in [0.1, 0.15) is 67.5 Å². The molecule has 1 unspecified atom stereocenters. The van der Waals surface area contributed by atoms with Crippen molar-refractivity contribution in [1.82, 2.24) is 14.9 Å². The van der Waals surface area contributed by atoms with Crippen LogP contribution >= 0.6 is 0 Å².